The van der Waals surface area contributed by atoms with E-state index in [-0.39, 0.29) is 11.4 Å². The van der Waals surface area contributed by atoms with E-state index < -0.39 is 5.92 Å². The van der Waals surface area contributed by atoms with Crippen LogP contribution in [0.5, 0.6) is 0 Å². The Hall–Kier alpha value is -3.40. The fourth-order valence-corrected chi connectivity index (χ4v) is 5.46. The Morgan fingerprint density at radius 3 is 2.50 bits per heavy atom. The molecule has 1 aliphatic carbocycles. The molecule has 0 fully saturated rings. The molecule has 1 atom stereocenters. The van der Waals surface area contributed by atoms with E-state index in [1.165, 1.54) is 30.0 Å². The molecule has 2 heterocycles. The smallest absolute Gasteiger partial charge is 0.196 e. The van der Waals surface area contributed by atoms with Crippen LogP contribution in [0.3, 0.4) is 0 Å². The number of aromatic nitrogens is 1. The van der Waals surface area contributed by atoms with Gasteiger partial charge >= 0.3 is 0 Å². The molecule has 0 amide bonds. The molecular formula is C30H29FN2O. The zero-order chi connectivity index (χ0) is 23.3. The van der Waals surface area contributed by atoms with E-state index in [2.05, 4.69) is 49.2 Å². The summed E-state index contributed by atoms with van der Waals surface area (Å²) in [6, 6.07) is 22.1. The fraction of sp³-hybridized carbons (Fsp3) is 0.300. The van der Waals surface area contributed by atoms with Crippen LogP contribution < -0.4 is 0 Å². The highest BCUT2D eigenvalue weighted by Gasteiger charge is 2.36. The summed E-state index contributed by atoms with van der Waals surface area (Å²) >= 11 is 0. The highest BCUT2D eigenvalue weighted by Crippen LogP contribution is 2.42. The summed E-state index contributed by atoms with van der Waals surface area (Å²) in [4.78, 5) is 8.59. The lowest BCUT2D eigenvalue weighted by Gasteiger charge is -2.21. The Kier molecular flexibility index (Phi) is 5.05. The summed E-state index contributed by atoms with van der Waals surface area (Å²) in [5, 5.41) is 1.07. The van der Waals surface area contributed by atoms with Gasteiger partial charge in [0.1, 0.15) is 12.4 Å². The second-order valence-electron chi connectivity index (χ2n) is 10.2. The Bertz CT molecular complexity index is 1410. The summed E-state index contributed by atoms with van der Waals surface area (Å²) in [5.41, 5.74) is 7.32. The van der Waals surface area contributed by atoms with E-state index in [0.29, 0.717) is 18.1 Å². The fourth-order valence-electron chi connectivity index (χ4n) is 5.46. The van der Waals surface area contributed by atoms with Gasteiger partial charge in [-0.2, -0.15) is 0 Å². The molecule has 0 radical (unpaired) electrons. The lowest BCUT2D eigenvalue weighted by atomic mass is 9.85. The molecule has 0 saturated heterocycles. The number of benzene rings is 3. The predicted octanol–water partition coefficient (Wildman–Crippen LogP) is 7.19. The van der Waals surface area contributed by atoms with E-state index in [0.717, 1.165) is 40.6 Å². The molecule has 0 spiro atoms. The molecule has 1 N–H and O–H groups in total. The molecule has 4 aromatic rings. The zero-order valence-corrected chi connectivity index (χ0v) is 19.7. The maximum absolute atomic E-state index is 15.3. The quantitative estimate of drug-likeness (QED) is 0.349. The first kappa shape index (κ1) is 21.2. The van der Waals surface area contributed by atoms with Crippen molar-refractivity contribution < 1.29 is 9.13 Å². The molecule has 1 aromatic heterocycles. The number of H-pyrrole nitrogens is 1. The lowest BCUT2D eigenvalue weighted by molar-refractivity contribution is 0.272. The van der Waals surface area contributed by atoms with Crippen molar-refractivity contribution in [3.63, 3.8) is 0 Å². The first-order valence-electron chi connectivity index (χ1n) is 12.2. The number of ether oxygens (including phenoxy) is 1. The van der Waals surface area contributed by atoms with Gasteiger partial charge in [0.05, 0.1) is 17.2 Å². The number of hydrogen-bond donors (Lipinski definition) is 1. The average molecular weight is 453 g/mol. The van der Waals surface area contributed by atoms with Crippen LogP contribution in [0.4, 0.5) is 4.39 Å². The van der Waals surface area contributed by atoms with Crippen LogP contribution in [0, 0.1) is 5.82 Å². The summed E-state index contributed by atoms with van der Waals surface area (Å²) in [5.74, 6) is -0.102. The van der Waals surface area contributed by atoms with Gasteiger partial charge in [-0.3, -0.25) is 0 Å². The second kappa shape index (κ2) is 8.12. The number of aromatic amines is 1. The maximum Gasteiger partial charge on any atom is 0.196 e. The standard InChI is InChI=1S/C30H29FN2O/c1-30(2)18-34-29(33-30)27(22-11-5-7-13-24(22)31)26-23-12-6-8-14-25(23)32-28(26)21-16-15-19-9-3-4-10-20(19)17-21/h5-8,11-17,27,32H,3-4,9-10,18H2,1-2H3. The topological polar surface area (TPSA) is 37.4 Å². The molecule has 34 heavy (non-hydrogen) atoms. The van der Waals surface area contributed by atoms with Gasteiger partial charge in [0.15, 0.2) is 5.90 Å². The van der Waals surface area contributed by atoms with Gasteiger partial charge in [-0.05, 0) is 74.4 Å². The van der Waals surface area contributed by atoms with Gasteiger partial charge in [0.2, 0.25) is 0 Å². The zero-order valence-electron chi connectivity index (χ0n) is 19.7. The second-order valence-corrected chi connectivity index (χ2v) is 10.2. The molecule has 0 bridgehead atoms. The maximum atomic E-state index is 15.3. The van der Waals surface area contributed by atoms with Crippen LogP contribution in [0.1, 0.15) is 54.9 Å². The van der Waals surface area contributed by atoms with Crippen molar-refractivity contribution in [2.24, 2.45) is 4.99 Å². The number of aryl methyl sites for hydroxylation is 2. The molecule has 0 saturated carbocycles. The molecule has 3 aromatic carbocycles. The minimum atomic E-state index is -0.440. The van der Waals surface area contributed by atoms with E-state index in [1.807, 2.05) is 24.3 Å². The average Bonchev–Trinajstić information content (AvgIpc) is 3.40. The minimum Gasteiger partial charge on any atom is -0.478 e. The van der Waals surface area contributed by atoms with Gasteiger partial charge in [-0.25, -0.2) is 9.38 Å². The Morgan fingerprint density at radius 2 is 1.71 bits per heavy atom. The van der Waals surface area contributed by atoms with Crippen LogP contribution in [-0.4, -0.2) is 23.0 Å². The van der Waals surface area contributed by atoms with Gasteiger partial charge < -0.3 is 9.72 Å². The Balaban J connectivity index is 1.62. The summed E-state index contributed by atoms with van der Waals surface area (Å²) in [6.45, 7) is 4.60. The number of halogens is 1. The number of rotatable bonds is 4. The van der Waals surface area contributed by atoms with Gasteiger partial charge in [0, 0.05) is 22.0 Å². The molecule has 172 valence electrons. The number of hydrogen-bond acceptors (Lipinski definition) is 2. The minimum absolute atomic E-state index is 0.245. The number of para-hydroxylation sites is 1. The highest BCUT2D eigenvalue weighted by atomic mass is 19.1. The van der Waals surface area contributed by atoms with Crippen molar-refractivity contribution in [2.45, 2.75) is 51.0 Å². The van der Waals surface area contributed by atoms with E-state index in [1.54, 1.807) is 6.07 Å². The van der Waals surface area contributed by atoms with Crippen LogP contribution in [0.25, 0.3) is 22.2 Å². The Labute approximate surface area is 199 Å². The monoisotopic (exact) mass is 452 g/mol. The first-order valence-corrected chi connectivity index (χ1v) is 12.2. The number of aliphatic imine (C=N–C) groups is 1. The van der Waals surface area contributed by atoms with Crippen LogP contribution in [-0.2, 0) is 17.6 Å². The van der Waals surface area contributed by atoms with Gasteiger partial charge in [-0.1, -0.05) is 48.5 Å². The van der Waals surface area contributed by atoms with Crippen LogP contribution in [0.2, 0.25) is 0 Å². The van der Waals surface area contributed by atoms with E-state index in [4.69, 9.17) is 9.73 Å². The van der Waals surface area contributed by atoms with Crippen molar-refractivity contribution in [1.82, 2.24) is 4.98 Å². The van der Waals surface area contributed by atoms with Crippen molar-refractivity contribution in [1.29, 1.82) is 0 Å². The molecule has 3 nitrogen and oxygen atoms in total. The molecule has 2 aliphatic rings. The lowest BCUT2D eigenvalue weighted by Crippen LogP contribution is -2.17. The van der Waals surface area contributed by atoms with E-state index >= 15 is 4.39 Å². The number of fused-ring (bicyclic) bond motifs is 2. The Morgan fingerprint density at radius 1 is 0.941 bits per heavy atom. The van der Waals surface area contributed by atoms with Crippen molar-refractivity contribution in [2.75, 3.05) is 6.61 Å². The van der Waals surface area contributed by atoms with Gasteiger partial charge in [-0.15, -0.1) is 0 Å². The normalized spacial score (nSPS) is 17.8. The SMILES string of the molecule is CC1(C)COC(C(c2ccccc2F)c2c(-c3ccc4c(c3)CCCC4)[nH]c3ccccc23)=N1. The first-order chi connectivity index (χ1) is 16.5. The number of nitrogens with zero attached hydrogens (tertiary/aromatic N) is 1. The predicted molar refractivity (Wildman–Crippen MR) is 136 cm³/mol. The third-order valence-electron chi connectivity index (χ3n) is 7.12. The van der Waals surface area contributed by atoms with Crippen molar-refractivity contribution in [3.8, 4) is 11.3 Å². The largest absolute Gasteiger partial charge is 0.478 e. The third kappa shape index (κ3) is 3.62. The third-order valence-corrected chi connectivity index (χ3v) is 7.12. The summed E-state index contributed by atoms with van der Waals surface area (Å²) in [6.07, 6.45) is 4.74. The summed E-state index contributed by atoms with van der Waals surface area (Å²) < 4.78 is 21.5. The molecular weight excluding hydrogens is 423 g/mol. The van der Waals surface area contributed by atoms with Crippen molar-refractivity contribution >= 4 is 16.8 Å². The molecule has 4 heteroatoms. The van der Waals surface area contributed by atoms with Crippen molar-refractivity contribution in [3.05, 3.63) is 94.8 Å². The van der Waals surface area contributed by atoms with Gasteiger partial charge in [0.25, 0.3) is 0 Å². The highest BCUT2D eigenvalue weighted by molar-refractivity contribution is 6.00. The van der Waals surface area contributed by atoms with Crippen LogP contribution >= 0.6 is 0 Å². The number of nitrogens with one attached hydrogen (secondary N) is 1. The van der Waals surface area contributed by atoms with Crippen LogP contribution in [0.15, 0.2) is 71.7 Å². The summed E-state index contributed by atoms with van der Waals surface area (Å²) in [7, 11) is 0. The molecule has 1 unspecified atom stereocenters. The van der Waals surface area contributed by atoms with E-state index in [9.17, 15) is 0 Å². The molecule has 6 rings (SSSR count). The molecule has 1 aliphatic heterocycles.